The van der Waals surface area contributed by atoms with Gasteiger partial charge in [-0.2, -0.15) is 0 Å². The minimum absolute atomic E-state index is 0.0127. The van der Waals surface area contributed by atoms with Gasteiger partial charge in [-0.05, 0) is 60.9 Å². The second-order valence-electron chi connectivity index (χ2n) is 10.3. The number of rotatable bonds is 7. The summed E-state index contributed by atoms with van der Waals surface area (Å²) in [5.41, 5.74) is 2.39. The van der Waals surface area contributed by atoms with Crippen LogP contribution in [-0.2, 0) is 22.4 Å². The Bertz CT molecular complexity index is 1460. The summed E-state index contributed by atoms with van der Waals surface area (Å²) in [6, 6.07) is 18.1. The molecule has 0 bridgehead atoms. The van der Waals surface area contributed by atoms with Crippen LogP contribution in [0.15, 0.2) is 72.8 Å². The molecule has 2 heterocycles. The third-order valence-electron chi connectivity index (χ3n) is 7.58. The number of Topliss-reactive ketones (excluding diaryl/α,β-unsaturated/α-hetero) is 1. The molecule has 1 N–H and O–H groups in total. The summed E-state index contributed by atoms with van der Waals surface area (Å²) in [7, 11) is 0. The van der Waals surface area contributed by atoms with Crippen LogP contribution in [0.5, 0.6) is 0 Å². The normalized spacial score (nSPS) is 18.8. The molecular formula is C31H30F2N4O4. The predicted octanol–water partition coefficient (Wildman–Crippen LogP) is 4.26. The zero-order valence-electron chi connectivity index (χ0n) is 22.6. The highest BCUT2D eigenvalue weighted by Crippen LogP contribution is 2.29. The van der Waals surface area contributed by atoms with E-state index in [0.29, 0.717) is 29.8 Å². The quantitative estimate of drug-likeness (QED) is 0.438. The number of hydrogen-bond acceptors (Lipinski definition) is 4. The van der Waals surface area contributed by atoms with E-state index >= 15 is 0 Å². The smallest absolute Gasteiger partial charge is 0.323 e. The van der Waals surface area contributed by atoms with Gasteiger partial charge in [-0.1, -0.05) is 36.4 Å². The highest BCUT2D eigenvalue weighted by atomic mass is 19.2. The molecule has 212 valence electrons. The molecule has 2 atom stereocenters. The highest BCUT2D eigenvalue weighted by Gasteiger charge is 2.48. The van der Waals surface area contributed by atoms with E-state index < -0.39 is 29.9 Å². The average molecular weight is 561 g/mol. The van der Waals surface area contributed by atoms with E-state index in [1.165, 1.54) is 22.8 Å². The fourth-order valence-electron chi connectivity index (χ4n) is 5.40. The summed E-state index contributed by atoms with van der Waals surface area (Å²) < 4.78 is 27.6. The fourth-order valence-corrected chi connectivity index (χ4v) is 5.40. The van der Waals surface area contributed by atoms with Gasteiger partial charge in [0, 0.05) is 37.2 Å². The molecule has 8 nitrogen and oxygen atoms in total. The third kappa shape index (κ3) is 6.11. The molecule has 0 aromatic heterocycles. The molecule has 41 heavy (non-hydrogen) atoms. The van der Waals surface area contributed by atoms with Gasteiger partial charge in [0.15, 0.2) is 17.4 Å². The Morgan fingerprint density at radius 1 is 0.927 bits per heavy atom. The number of benzene rings is 3. The largest absolute Gasteiger partial charge is 0.337 e. The summed E-state index contributed by atoms with van der Waals surface area (Å²) in [6.07, 6.45) is -0.197. The van der Waals surface area contributed by atoms with E-state index in [4.69, 9.17) is 0 Å². The molecule has 2 aliphatic rings. The van der Waals surface area contributed by atoms with Crippen molar-refractivity contribution in [3.63, 3.8) is 0 Å². The van der Waals surface area contributed by atoms with Crippen molar-refractivity contribution >= 4 is 29.3 Å². The SMILES string of the molecule is CC(=O)c1ccc(NC(=O)N2CCC(=O)N3[C@@H]2CN(CCc2ccccc2)C(=O)[C@@H]3Cc2ccc(F)c(F)c2)cc1. The van der Waals surface area contributed by atoms with E-state index in [9.17, 15) is 28.0 Å². The second kappa shape index (κ2) is 11.9. The summed E-state index contributed by atoms with van der Waals surface area (Å²) in [6.45, 7) is 2.08. The van der Waals surface area contributed by atoms with Crippen LogP contribution in [0.25, 0.3) is 0 Å². The predicted molar refractivity (Wildman–Crippen MR) is 148 cm³/mol. The van der Waals surface area contributed by atoms with Crippen molar-refractivity contribution < 1.29 is 28.0 Å². The van der Waals surface area contributed by atoms with Crippen LogP contribution in [0, 0.1) is 11.6 Å². The Labute approximate surface area is 236 Å². The van der Waals surface area contributed by atoms with Crippen molar-refractivity contribution in [1.29, 1.82) is 0 Å². The molecule has 3 aromatic rings. The van der Waals surface area contributed by atoms with Gasteiger partial charge in [-0.15, -0.1) is 0 Å². The number of nitrogens with zero attached hydrogens (tertiary/aromatic N) is 3. The molecule has 2 aliphatic heterocycles. The number of fused-ring (bicyclic) bond motifs is 1. The van der Waals surface area contributed by atoms with Gasteiger partial charge in [0.1, 0.15) is 12.2 Å². The van der Waals surface area contributed by atoms with Crippen molar-refractivity contribution in [2.24, 2.45) is 0 Å². The van der Waals surface area contributed by atoms with Crippen LogP contribution < -0.4 is 5.32 Å². The average Bonchev–Trinajstić information content (AvgIpc) is 2.96. The second-order valence-corrected chi connectivity index (χ2v) is 10.3. The van der Waals surface area contributed by atoms with E-state index in [0.717, 1.165) is 17.7 Å². The molecule has 10 heteroatoms. The molecule has 0 saturated carbocycles. The third-order valence-corrected chi connectivity index (χ3v) is 7.58. The number of amides is 4. The van der Waals surface area contributed by atoms with Gasteiger partial charge in [0.05, 0.1) is 6.54 Å². The molecule has 0 spiro atoms. The van der Waals surface area contributed by atoms with Crippen LogP contribution in [0.3, 0.4) is 0 Å². The topological polar surface area (TPSA) is 90.0 Å². The first-order valence-electron chi connectivity index (χ1n) is 13.5. The zero-order chi connectivity index (χ0) is 29.1. The maximum atomic E-state index is 14.0. The van der Waals surface area contributed by atoms with Crippen LogP contribution in [-0.4, -0.2) is 70.2 Å². The number of ketones is 1. The maximum absolute atomic E-state index is 14.0. The van der Waals surface area contributed by atoms with Crippen molar-refractivity contribution in [2.45, 2.75) is 38.4 Å². The summed E-state index contributed by atoms with van der Waals surface area (Å²) in [5.74, 6) is -2.72. The first kappa shape index (κ1) is 27.9. The number of piperazine rings is 1. The van der Waals surface area contributed by atoms with Crippen LogP contribution in [0.1, 0.15) is 34.8 Å². The molecule has 5 rings (SSSR count). The number of carbonyl (C=O) groups excluding carboxylic acids is 4. The van der Waals surface area contributed by atoms with E-state index in [-0.39, 0.29) is 43.5 Å². The molecule has 2 saturated heterocycles. The first-order valence-corrected chi connectivity index (χ1v) is 13.5. The lowest BCUT2D eigenvalue weighted by Gasteiger charge is -2.52. The van der Waals surface area contributed by atoms with Gasteiger partial charge in [0.2, 0.25) is 11.8 Å². The summed E-state index contributed by atoms with van der Waals surface area (Å²) >= 11 is 0. The Kier molecular flexibility index (Phi) is 8.09. The minimum atomic E-state index is -1.04. The molecular weight excluding hydrogens is 530 g/mol. The number of carbonyl (C=O) groups is 4. The lowest BCUT2D eigenvalue weighted by molar-refractivity contribution is -0.166. The van der Waals surface area contributed by atoms with E-state index in [2.05, 4.69) is 5.32 Å². The van der Waals surface area contributed by atoms with Crippen molar-refractivity contribution in [3.05, 3.63) is 101 Å². The number of nitrogens with one attached hydrogen (secondary N) is 1. The summed E-state index contributed by atoms with van der Waals surface area (Å²) in [4.78, 5) is 56.7. The number of halogens is 2. The number of hydrogen-bond donors (Lipinski definition) is 1. The van der Waals surface area contributed by atoms with Gasteiger partial charge in [-0.25, -0.2) is 13.6 Å². The molecule has 2 fully saturated rings. The van der Waals surface area contributed by atoms with Gasteiger partial charge >= 0.3 is 6.03 Å². The van der Waals surface area contributed by atoms with Crippen molar-refractivity contribution in [1.82, 2.24) is 14.7 Å². The number of anilines is 1. The molecule has 0 radical (unpaired) electrons. The lowest BCUT2D eigenvalue weighted by atomic mass is 9.97. The van der Waals surface area contributed by atoms with Crippen LogP contribution >= 0.6 is 0 Å². The van der Waals surface area contributed by atoms with Crippen molar-refractivity contribution in [2.75, 3.05) is 25.0 Å². The Morgan fingerprint density at radius 3 is 2.34 bits per heavy atom. The number of urea groups is 1. The van der Waals surface area contributed by atoms with Crippen molar-refractivity contribution in [3.8, 4) is 0 Å². The summed E-state index contributed by atoms with van der Waals surface area (Å²) in [5, 5.41) is 2.83. The van der Waals surface area contributed by atoms with Gasteiger partial charge < -0.3 is 20.0 Å². The Morgan fingerprint density at radius 2 is 1.66 bits per heavy atom. The monoisotopic (exact) mass is 560 g/mol. The lowest BCUT2D eigenvalue weighted by Crippen LogP contribution is -2.72. The molecule has 0 unspecified atom stereocenters. The molecule has 4 amide bonds. The molecule has 3 aromatic carbocycles. The maximum Gasteiger partial charge on any atom is 0.323 e. The van der Waals surface area contributed by atoms with Crippen LogP contribution in [0.2, 0.25) is 0 Å². The van der Waals surface area contributed by atoms with E-state index in [1.54, 1.807) is 29.2 Å². The minimum Gasteiger partial charge on any atom is -0.337 e. The van der Waals surface area contributed by atoms with E-state index in [1.807, 2.05) is 30.3 Å². The first-order chi connectivity index (χ1) is 19.7. The zero-order valence-corrected chi connectivity index (χ0v) is 22.6. The fraction of sp³-hybridized carbons (Fsp3) is 0.290. The Hall–Kier alpha value is -4.60. The van der Waals surface area contributed by atoms with Gasteiger partial charge in [-0.3, -0.25) is 14.4 Å². The Balaban J connectivity index is 1.42. The highest BCUT2D eigenvalue weighted by molar-refractivity contribution is 5.96. The van der Waals surface area contributed by atoms with Crippen LogP contribution in [0.4, 0.5) is 19.3 Å². The van der Waals surface area contributed by atoms with Gasteiger partial charge in [0.25, 0.3) is 0 Å². The molecule has 0 aliphatic carbocycles. The standard InChI is InChI=1S/C31H30F2N4O4/c1-20(38)23-8-10-24(11-9-23)34-31(41)36-16-14-29(39)37-27(18-22-7-12-25(32)26(33)17-22)30(40)35(19-28(36)37)15-13-21-5-3-2-4-6-21/h2-12,17,27-28H,13-16,18-19H2,1H3,(H,34,41)/t27-,28+/m0/s1.